The zero-order valence-electron chi connectivity index (χ0n) is 8.94. The van der Waals surface area contributed by atoms with Crippen LogP contribution in [0.4, 0.5) is 10.2 Å². The van der Waals surface area contributed by atoms with E-state index in [1.54, 1.807) is 0 Å². The van der Waals surface area contributed by atoms with Crippen molar-refractivity contribution in [2.24, 2.45) is 0 Å². The van der Waals surface area contributed by atoms with Gasteiger partial charge in [0, 0.05) is 17.9 Å². The highest BCUT2D eigenvalue weighted by Crippen LogP contribution is 2.24. The summed E-state index contributed by atoms with van der Waals surface area (Å²) in [6, 6.07) is 5.16. The summed E-state index contributed by atoms with van der Waals surface area (Å²) in [5, 5.41) is 6.23. The highest BCUT2D eigenvalue weighted by Gasteiger charge is 2.13. The summed E-state index contributed by atoms with van der Waals surface area (Å²) >= 11 is 0. The third-order valence-corrected chi connectivity index (χ3v) is 3.37. The van der Waals surface area contributed by atoms with Gasteiger partial charge in [0.1, 0.15) is 11.6 Å². The molecule has 90 valence electrons. The summed E-state index contributed by atoms with van der Waals surface area (Å²) in [4.78, 5) is -0.0637. The van der Waals surface area contributed by atoms with Gasteiger partial charge in [0.15, 0.2) is 9.84 Å². The van der Waals surface area contributed by atoms with Gasteiger partial charge < -0.3 is 5.73 Å². The van der Waals surface area contributed by atoms with Gasteiger partial charge in [-0.05, 0) is 18.2 Å². The van der Waals surface area contributed by atoms with Crippen molar-refractivity contribution in [3.8, 4) is 11.3 Å². The molecular formula is C10H10FN3O2S. The lowest BCUT2D eigenvalue weighted by atomic mass is 10.1. The van der Waals surface area contributed by atoms with E-state index in [1.807, 2.05) is 0 Å². The van der Waals surface area contributed by atoms with Crippen molar-refractivity contribution in [3.63, 3.8) is 0 Å². The Hall–Kier alpha value is -1.89. The number of nitrogens with two attached hydrogens (primary N) is 1. The molecule has 0 fully saturated rings. The summed E-state index contributed by atoms with van der Waals surface area (Å²) < 4.78 is 36.2. The predicted octanol–water partition coefficient (Wildman–Crippen LogP) is 1.20. The highest BCUT2D eigenvalue weighted by atomic mass is 32.2. The quantitative estimate of drug-likeness (QED) is 0.843. The Labute approximate surface area is 97.4 Å². The summed E-state index contributed by atoms with van der Waals surface area (Å²) in [6.07, 6.45) is 1.02. The summed E-state index contributed by atoms with van der Waals surface area (Å²) in [5.74, 6) is -0.400. The van der Waals surface area contributed by atoms with Gasteiger partial charge >= 0.3 is 0 Å². The van der Waals surface area contributed by atoms with Crippen molar-refractivity contribution in [2.45, 2.75) is 4.90 Å². The number of halogens is 1. The topological polar surface area (TPSA) is 88.8 Å². The smallest absolute Gasteiger partial charge is 0.175 e. The Morgan fingerprint density at radius 1 is 1.35 bits per heavy atom. The second-order valence-electron chi connectivity index (χ2n) is 3.62. The molecular weight excluding hydrogens is 245 g/mol. The van der Waals surface area contributed by atoms with Gasteiger partial charge in [-0.1, -0.05) is 0 Å². The van der Waals surface area contributed by atoms with Gasteiger partial charge in [-0.25, -0.2) is 12.8 Å². The molecule has 2 rings (SSSR count). The van der Waals surface area contributed by atoms with Crippen LogP contribution in [0, 0.1) is 5.82 Å². The van der Waals surface area contributed by atoms with E-state index in [0.717, 1.165) is 12.3 Å². The molecule has 1 aromatic carbocycles. The lowest BCUT2D eigenvalue weighted by Crippen LogP contribution is -1.98. The van der Waals surface area contributed by atoms with E-state index in [9.17, 15) is 12.8 Å². The van der Waals surface area contributed by atoms with E-state index >= 15 is 0 Å². The minimum Gasteiger partial charge on any atom is -0.382 e. The first-order valence-electron chi connectivity index (χ1n) is 4.69. The summed E-state index contributed by atoms with van der Waals surface area (Å²) in [6.45, 7) is 0. The number of hydrogen-bond acceptors (Lipinski definition) is 4. The molecule has 5 nitrogen and oxygen atoms in total. The standard InChI is InChI=1S/C10H10FN3O2S/c1-17(15,16)6-2-3-7(8(11)4-6)9-5-10(12)14-13-9/h2-5H,1H3,(H3,12,13,14). The molecule has 0 amide bonds. The van der Waals surface area contributed by atoms with Crippen LogP contribution in [0.5, 0.6) is 0 Å². The Balaban J connectivity index is 2.53. The number of rotatable bonds is 2. The molecule has 0 aliphatic carbocycles. The first-order valence-corrected chi connectivity index (χ1v) is 6.58. The van der Waals surface area contributed by atoms with E-state index in [4.69, 9.17) is 5.73 Å². The van der Waals surface area contributed by atoms with Gasteiger partial charge in [0.2, 0.25) is 0 Å². The van der Waals surface area contributed by atoms with Crippen LogP contribution in [-0.2, 0) is 9.84 Å². The molecule has 0 spiro atoms. The fourth-order valence-electron chi connectivity index (χ4n) is 1.42. The van der Waals surface area contributed by atoms with Crippen molar-refractivity contribution < 1.29 is 12.8 Å². The molecule has 0 bridgehead atoms. The number of hydrogen-bond donors (Lipinski definition) is 2. The third kappa shape index (κ3) is 2.28. The lowest BCUT2D eigenvalue weighted by Gasteiger charge is -2.02. The number of anilines is 1. The van der Waals surface area contributed by atoms with Crippen LogP contribution in [0.25, 0.3) is 11.3 Å². The number of aromatic amines is 1. The molecule has 0 radical (unpaired) electrons. The second-order valence-corrected chi connectivity index (χ2v) is 5.64. The molecule has 17 heavy (non-hydrogen) atoms. The minimum atomic E-state index is -3.41. The lowest BCUT2D eigenvalue weighted by molar-refractivity contribution is 0.596. The molecule has 2 aromatic rings. The van der Waals surface area contributed by atoms with Gasteiger partial charge in [-0.3, -0.25) is 5.10 Å². The minimum absolute atomic E-state index is 0.0637. The molecule has 1 heterocycles. The van der Waals surface area contributed by atoms with E-state index in [2.05, 4.69) is 10.2 Å². The Kier molecular flexibility index (Phi) is 2.62. The summed E-state index contributed by atoms with van der Waals surface area (Å²) in [5.41, 5.74) is 6.03. The molecule has 7 heteroatoms. The van der Waals surface area contributed by atoms with Crippen molar-refractivity contribution in [1.82, 2.24) is 10.2 Å². The average molecular weight is 255 g/mol. The fraction of sp³-hybridized carbons (Fsp3) is 0.100. The van der Waals surface area contributed by atoms with Gasteiger partial charge in [0.05, 0.1) is 10.6 Å². The normalized spacial score (nSPS) is 11.6. The number of aromatic nitrogens is 2. The molecule has 3 N–H and O–H groups in total. The van der Waals surface area contributed by atoms with Gasteiger partial charge in [0.25, 0.3) is 0 Å². The Morgan fingerprint density at radius 3 is 2.53 bits per heavy atom. The van der Waals surface area contributed by atoms with Crippen LogP contribution < -0.4 is 5.73 Å². The van der Waals surface area contributed by atoms with Crippen molar-refractivity contribution >= 4 is 15.7 Å². The summed E-state index contributed by atoms with van der Waals surface area (Å²) in [7, 11) is -3.41. The molecule has 0 saturated carbocycles. The Morgan fingerprint density at radius 2 is 2.06 bits per heavy atom. The van der Waals surface area contributed by atoms with Crippen LogP contribution in [0.1, 0.15) is 0 Å². The van der Waals surface area contributed by atoms with E-state index in [-0.39, 0.29) is 16.3 Å². The maximum atomic E-state index is 13.7. The largest absolute Gasteiger partial charge is 0.382 e. The average Bonchev–Trinajstić information content (AvgIpc) is 2.63. The van der Waals surface area contributed by atoms with Gasteiger partial charge in [-0.2, -0.15) is 5.10 Å². The molecule has 0 aliphatic heterocycles. The van der Waals surface area contributed by atoms with Crippen molar-refractivity contribution in [1.29, 1.82) is 0 Å². The maximum absolute atomic E-state index is 13.7. The zero-order chi connectivity index (χ0) is 12.6. The SMILES string of the molecule is CS(=O)(=O)c1ccc(-c2cc(N)n[nH]2)c(F)c1. The monoisotopic (exact) mass is 255 g/mol. The van der Waals surface area contributed by atoms with Crippen LogP contribution in [0.2, 0.25) is 0 Å². The third-order valence-electron chi connectivity index (χ3n) is 2.26. The number of nitrogens with one attached hydrogen (secondary N) is 1. The zero-order valence-corrected chi connectivity index (χ0v) is 9.75. The molecule has 0 saturated heterocycles. The number of benzene rings is 1. The number of sulfone groups is 1. The van der Waals surface area contributed by atoms with Crippen LogP contribution >= 0.6 is 0 Å². The molecule has 0 aliphatic rings. The molecule has 0 atom stereocenters. The fourth-order valence-corrected chi connectivity index (χ4v) is 2.05. The van der Waals surface area contributed by atoms with Crippen LogP contribution in [0.3, 0.4) is 0 Å². The van der Waals surface area contributed by atoms with Crippen LogP contribution in [0.15, 0.2) is 29.2 Å². The molecule has 0 unspecified atom stereocenters. The number of H-pyrrole nitrogens is 1. The van der Waals surface area contributed by atoms with E-state index < -0.39 is 15.7 Å². The second kappa shape index (κ2) is 3.85. The first-order chi connectivity index (χ1) is 7.88. The number of nitrogens with zero attached hydrogens (tertiary/aromatic N) is 1. The highest BCUT2D eigenvalue weighted by molar-refractivity contribution is 7.90. The van der Waals surface area contributed by atoms with E-state index in [1.165, 1.54) is 18.2 Å². The van der Waals surface area contributed by atoms with E-state index in [0.29, 0.717) is 5.69 Å². The maximum Gasteiger partial charge on any atom is 0.175 e. The predicted molar refractivity (Wildman–Crippen MR) is 61.5 cm³/mol. The first kappa shape index (κ1) is 11.6. The van der Waals surface area contributed by atoms with Crippen molar-refractivity contribution in [3.05, 3.63) is 30.1 Å². The number of nitrogen functional groups attached to an aromatic ring is 1. The molecule has 1 aromatic heterocycles. The van der Waals surface area contributed by atoms with Crippen molar-refractivity contribution in [2.75, 3.05) is 12.0 Å². The Bertz CT molecular complexity index is 664. The van der Waals surface area contributed by atoms with Gasteiger partial charge in [-0.15, -0.1) is 0 Å². The van der Waals surface area contributed by atoms with Crippen LogP contribution in [-0.4, -0.2) is 24.9 Å².